The minimum Gasteiger partial charge on any atom is -0.508 e. The zero-order valence-corrected chi connectivity index (χ0v) is 24.1. The van der Waals surface area contributed by atoms with Crippen LogP contribution in [0, 0.1) is 0 Å². The van der Waals surface area contributed by atoms with E-state index in [4.69, 9.17) is 11.5 Å². The highest BCUT2D eigenvalue weighted by molar-refractivity contribution is 7.98. The topological polar surface area (TPSA) is 205 Å². The number of hydrogen-bond acceptors (Lipinski definition) is 8. The number of aromatic hydroxyl groups is 1. The number of primary amides is 1. The maximum Gasteiger partial charge on any atom is 0.243 e. The van der Waals surface area contributed by atoms with E-state index in [0.717, 1.165) is 11.1 Å². The number of amides is 4. The fourth-order valence-electron chi connectivity index (χ4n) is 4.20. The fraction of sp³-hybridized carbons (Fsp3) is 0.345. The van der Waals surface area contributed by atoms with Crippen LogP contribution in [0.25, 0.3) is 0 Å². The van der Waals surface area contributed by atoms with Crippen molar-refractivity contribution < 1.29 is 24.3 Å². The Kier molecular flexibility index (Phi) is 12.4. The number of benzene rings is 2. The molecule has 0 aliphatic carbocycles. The van der Waals surface area contributed by atoms with Crippen LogP contribution in [0.4, 0.5) is 0 Å². The summed E-state index contributed by atoms with van der Waals surface area (Å²) < 4.78 is 0. The molecule has 2 aromatic carbocycles. The minimum atomic E-state index is -1.07. The van der Waals surface area contributed by atoms with Gasteiger partial charge < -0.3 is 37.5 Å². The summed E-state index contributed by atoms with van der Waals surface area (Å²) in [4.78, 5) is 58.8. The predicted molar refractivity (Wildman–Crippen MR) is 160 cm³/mol. The molecule has 42 heavy (non-hydrogen) atoms. The average molecular weight is 596 g/mol. The van der Waals surface area contributed by atoms with E-state index < -0.39 is 47.8 Å². The molecule has 1 aromatic heterocycles. The molecule has 4 amide bonds. The number of carbonyl (C=O) groups excluding carboxylic acids is 4. The van der Waals surface area contributed by atoms with Crippen molar-refractivity contribution in [3.8, 4) is 5.75 Å². The lowest BCUT2D eigenvalue weighted by Crippen LogP contribution is -2.58. The molecule has 224 valence electrons. The summed E-state index contributed by atoms with van der Waals surface area (Å²) in [6, 6.07) is 11.4. The van der Waals surface area contributed by atoms with Crippen molar-refractivity contribution in [2.75, 3.05) is 12.0 Å². The summed E-state index contributed by atoms with van der Waals surface area (Å²) in [7, 11) is 0. The third kappa shape index (κ3) is 10.2. The highest BCUT2D eigenvalue weighted by Crippen LogP contribution is 2.12. The van der Waals surface area contributed by atoms with Gasteiger partial charge in [0.2, 0.25) is 23.6 Å². The lowest BCUT2D eigenvalue weighted by molar-refractivity contribution is -0.133. The van der Waals surface area contributed by atoms with E-state index in [2.05, 4.69) is 25.9 Å². The lowest BCUT2D eigenvalue weighted by Gasteiger charge is -2.25. The Morgan fingerprint density at radius 2 is 1.48 bits per heavy atom. The Morgan fingerprint density at radius 3 is 2.10 bits per heavy atom. The molecule has 0 aliphatic heterocycles. The first-order valence-electron chi connectivity index (χ1n) is 13.4. The van der Waals surface area contributed by atoms with Crippen molar-refractivity contribution in [2.45, 2.75) is 49.9 Å². The number of aromatic amines is 1. The standard InChI is InChI=1S/C29H37N7O5S/c1-42-12-11-23(34-27(39)22(30)13-19-7-9-21(37)10-8-19)28(40)36-25(14-18-5-3-2-4-6-18)29(41)35-24(26(31)38)15-20-16-32-17-33-20/h2-10,16-17,22-25,37H,11-15,30H2,1H3,(H2,31,38)(H,32,33)(H,34,39)(H,35,41)(H,36,40). The highest BCUT2D eigenvalue weighted by Gasteiger charge is 2.30. The number of thioether (sulfide) groups is 1. The number of imidazole rings is 1. The first kappa shape index (κ1) is 32.2. The molecule has 0 spiro atoms. The number of hydrogen-bond donors (Lipinski definition) is 7. The highest BCUT2D eigenvalue weighted by atomic mass is 32.2. The van der Waals surface area contributed by atoms with Gasteiger partial charge in [0.25, 0.3) is 0 Å². The second-order valence-corrected chi connectivity index (χ2v) is 10.8. The van der Waals surface area contributed by atoms with E-state index in [0.29, 0.717) is 17.9 Å². The quantitative estimate of drug-likeness (QED) is 0.121. The molecule has 9 N–H and O–H groups in total. The smallest absolute Gasteiger partial charge is 0.243 e. The first-order chi connectivity index (χ1) is 20.2. The Balaban J connectivity index is 1.74. The van der Waals surface area contributed by atoms with Crippen molar-refractivity contribution >= 4 is 35.4 Å². The monoisotopic (exact) mass is 595 g/mol. The van der Waals surface area contributed by atoms with Crippen molar-refractivity contribution in [1.82, 2.24) is 25.9 Å². The molecule has 1 heterocycles. The first-order valence-corrected chi connectivity index (χ1v) is 14.8. The van der Waals surface area contributed by atoms with Crippen molar-refractivity contribution in [1.29, 1.82) is 0 Å². The lowest BCUT2D eigenvalue weighted by atomic mass is 10.0. The van der Waals surface area contributed by atoms with Gasteiger partial charge in [0.05, 0.1) is 12.4 Å². The summed E-state index contributed by atoms with van der Waals surface area (Å²) in [6.07, 6.45) is 5.59. The van der Waals surface area contributed by atoms with Gasteiger partial charge in [-0.3, -0.25) is 19.2 Å². The molecule has 0 fully saturated rings. The molecular formula is C29H37N7O5S. The Morgan fingerprint density at radius 1 is 0.857 bits per heavy atom. The van der Waals surface area contributed by atoms with Gasteiger partial charge in [-0.05, 0) is 48.1 Å². The predicted octanol–water partition coefficient (Wildman–Crippen LogP) is 0.163. The molecule has 0 bridgehead atoms. The maximum atomic E-state index is 13.5. The molecule has 0 aliphatic rings. The fourth-order valence-corrected chi connectivity index (χ4v) is 4.68. The van der Waals surface area contributed by atoms with Crippen LogP contribution in [0.5, 0.6) is 5.75 Å². The van der Waals surface area contributed by atoms with Crippen LogP contribution in [-0.4, -0.2) is 74.9 Å². The third-order valence-electron chi connectivity index (χ3n) is 6.53. The number of nitrogens with two attached hydrogens (primary N) is 2. The average Bonchev–Trinajstić information content (AvgIpc) is 3.49. The largest absolute Gasteiger partial charge is 0.508 e. The second-order valence-electron chi connectivity index (χ2n) is 9.82. The molecule has 4 atom stereocenters. The van der Waals surface area contributed by atoms with Crippen LogP contribution in [0.15, 0.2) is 67.1 Å². The number of H-pyrrole nitrogens is 1. The number of phenols is 1. The van der Waals surface area contributed by atoms with Crippen LogP contribution in [0.2, 0.25) is 0 Å². The van der Waals surface area contributed by atoms with Crippen molar-refractivity contribution in [2.24, 2.45) is 11.5 Å². The summed E-state index contributed by atoms with van der Waals surface area (Å²) >= 11 is 1.50. The van der Waals surface area contributed by atoms with Gasteiger partial charge >= 0.3 is 0 Å². The van der Waals surface area contributed by atoms with Crippen LogP contribution in [0.3, 0.4) is 0 Å². The number of phenolic OH excluding ortho intramolecular Hbond substituents is 1. The number of nitrogens with zero attached hydrogens (tertiary/aromatic N) is 1. The van der Waals surface area contributed by atoms with Gasteiger partial charge in [-0.1, -0.05) is 42.5 Å². The summed E-state index contributed by atoms with van der Waals surface area (Å²) in [6.45, 7) is 0. The molecule has 0 saturated carbocycles. The molecule has 12 nitrogen and oxygen atoms in total. The number of carbonyl (C=O) groups is 4. The maximum absolute atomic E-state index is 13.5. The van der Waals surface area contributed by atoms with Crippen molar-refractivity contribution in [3.05, 3.63) is 83.9 Å². The van der Waals surface area contributed by atoms with E-state index >= 15 is 0 Å². The zero-order chi connectivity index (χ0) is 30.5. The molecule has 3 rings (SSSR count). The SMILES string of the molecule is CSCCC(NC(=O)C(N)Cc1ccc(O)cc1)C(=O)NC(Cc1ccccc1)C(=O)NC(Cc1cnc[nH]1)C(N)=O. The third-order valence-corrected chi connectivity index (χ3v) is 7.17. The zero-order valence-electron chi connectivity index (χ0n) is 23.3. The van der Waals surface area contributed by atoms with Gasteiger partial charge in [0.15, 0.2) is 0 Å². The normalized spacial score (nSPS) is 13.8. The van der Waals surface area contributed by atoms with E-state index in [1.807, 2.05) is 36.6 Å². The Labute approximate surface area is 248 Å². The summed E-state index contributed by atoms with van der Waals surface area (Å²) in [5.41, 5.74) is 13.8. The van der Waals surface area contributed by atoms with E-state index in [-0.39, 0.29) is 25.0 Å². The molecule has 0 radical (unpaired) electrons. The van der Waals surface area contributed by atoms with Gasteiger partial charge in [-0.15, -0.1) is 0 Å². The van der Waals surface area contributed by atoms with E-state index in [9.17, 15) is 24.3 Å². The molecule has 3 aromatic rings. The molecule has 4 unspecified atom stereocenters. The molecular weight excluding hydrogens is 558 g/mol. The number of aromatic nitrogens is 2. The van der Waals surface area contributed by atoms with Crippen LogP contribution >= 0.6 is 11.8 Å². The summed E-state index contributed by atoms with van der Waals surface area (Å²) in [5.74, 6) is -1.76. The van der Waals surface area contributed by atoms with Crippen LogP contribution < -0.4 is 27.4 Å². The summed E-state index contributed by atoms with van der Waals surface area (Å²) in [5, 5.41) is 17.6. The minimum absolute atomic E-state index is 0.0956. The van der Waals surface area contributed by atoms with Gasteiger partial charge in [-0.25, -0.2) is 4.98 Å². The van der Waals surface area contributed by atoms with Crippen LogP contribution in [0.1, 0.15) is 23.2 Å². The van der Waals surface area contributed by atoms with Gasteiger partial charge in [-0.2, -0.15) is 11.8 Å². The van der Waals surface area contributed by atoms with Gasteiger partial charge in [0, 0.05) is 24.7 Å². The second kappa shape index (κ2) is 16.2. The molecule has 0 saturated heterocycles. The van der Waals surface area contributed by atoms with E-state index in [1.165, 1.54) is 36.4 Å². The van der Waals surface area contributed by atoms with Gasteiger partial charge in [0.1, 0.15) is 23.9 Å². The number of nitrogens with one attached hydrogen (secondary N) is 4. The number of rotatable bonds is 16. The molecule has 13 heteroatoms. The Bertz CT molecular complexity index is 1310. The van der Waals surface area contributed by atoms with E-state index in [1.54, 1.807) is 12.1 Å². The van der Waals surface area contributed by atoms with Crippen LogP contribution in [-0.2, 0) is 38.4 Å². The van der Waals surface area contributed by atoms with Crippen molar-refractivity contribution in [3.63, 3.8) is 0 Å². The Hall–Kier alpha value is -4.36.